The van der Waals surface area contributed by atoms with Gasteiger partial charge in [-0.15, -0.1) is 0 Å². The first-order valence-electron chi connectivity index (χ1n) is 7.09. The second-order valence-electron chi connectivity index (χ2n) is 5.78. The number of carboxylic acids is 1. The van der Waals surface area contributed by atoms with Crippen molar-refractivity contribution in [3.8, 4) is 5.75 Å². The normalized spacial score (nSPS) is 29.2. The Bertz CT molecular complexity index is 509. The van der Waals surface area contributed by atoms with Crippen molar-refractivity contribution >= 4 is 5.97 Å². The summed E-state index contributed by atoms with van der Waals surface area (Å²) in [5.74, 6) is 0.412. The molecule has 19 heavy (non-hydrogen) atoms. The molecule has 1 saturated carbocycles. The summed E-state index contributed by atoms with van der Waals surface area (Å²) in [5, 5.41) is 9.89. The van der Waals surface area contributed by atoms with Crippen LogP contribution in [0.5, 0.6) is 5.75 Å². The molecule has 2 atom stereocenters. The van der Waals surface area contributed by atoms with Gasteiger partial charge in [-0.1, -0.05) is 18.9 Å². The summed E-state index contributed by atoms with van der Waals surface area (Å²) in [6, 6.07) is 5.95. The van der Waals surface area contributed by atoms with E-state index in [0.717, 1.165) is 43.4 Å². The van der Waals surface area contributed by atoms with Crippen LogP contribution >= 0.6 is 0 Å². The van der Waals surface area contributed by atoms with Gasteiger partial charge in [0.15, 0.2) is 0 Å². The van der Waals surface area contributed by atoms with E-state index in [-0.39, 0.29) is 0 Å². The summed E-state index contributed by atoms with van der Waals surface area (Å²) >= 11 is 0. The van der Waals surface area contributed by atoms with Crippen LogP contribution in [0.4, 0.5) is 0 Å². The zero-order valence-corrected chi connectivity index (χ0v) is 11.3. The van der Waals surface area contributed by atoms with Crippen LogP contribution in [0.1, 0.15) is 43.2 Å². The number of rotatable bonds is 2. The fraction of sp³-hybridized carbons (Fsp3) is 0.562. The lowest BCUT2D eigenvalue weighted by molar-refractivity contribution is -0.148. The lowest BCUT2D eigenvalue weighted by atomic mass is 9.57. The van der Waals surface area contributed by atoms with Crippen LogP contribution in [0.15, 0.2) is 18.2 Å². The average Bonchev–Trinajstić information content (AvgIpc) is 2.46. The van der Waals surface area contributed by atoms with Crippen molar-refractivity contribution in [1.82, 2.24) is 0 Å². The van der Waals surface area contributed by atoms with Crippen molar-refractivity contribution in [2.75, 3.05) is 7.11 Å². The minimum atomic E-state index is -0.666. The lowest BCUT2D eigenvalue weighted by Gasteiger charge is -2.45. The highest BCUT2D eigenvalue weighted by molar-refractivity contribution is 5.83. The number of ether oxygens (including phenoxy) is 1. The van der Waals surface area contributed by atoms with Crippen LogP contribution in [0.25, 0.3) is 0 Å². The number of methoxy groups -OCH3 is 1. The zero-order chi connectivity index (χ0) is 13.5. The van der Waals surface area contributed by atoms with Crippen LogP contribution in [0.3, 0.4) is 0 Å². The first-order chi connectivity index (χ1) is 9.18. The van der Waals surface area contributed by atoms with Gasteiger partial charge in [-0.3, -0.25) is 4.79 Å². The van der Waals surface area contributed by atoms with E-state index in [2.05, 4.69) is 0 Å². The molecule has 1 aromatic carbocycles. The molecule has 2 aliphatic rings. The molecule has 0 unspecified atom stereocenters. The molecule has 0 radical (unpaired) electrons. The van der Waals surface area contributed by atoms with E-state index in [4.69, 9.17) is 4.74 Å². The molecule has 1 aromatic rings. The van der Waals surface area contributed by atoms with Crippen molar-refractivity contribution in [2.45, 2.75) is 43.9 Å². The van der Waals surface area contributed by atoms with Crippen molar-refractivity contribution in [1.29, 1.82) is 0 Å². The Morgan fingerprint density at radius 2 is 2.21 bits per heavy atom. The van der Waals surface area contributed by atoms with E-state index in [1.54, 1.807) is 7.11 Å². The third-order valence-corrected chi connectivity index (χ3v) is 5.01. The quantitative estimate of drug-likeness (QED) is 0.888. The molecule has 1 fully saturated rings. The first-order valence-corrected chi connectivity index (χ1v) is 7.09. The largest absolute Gasteiger partial charge is 0.497 e. The SMILES string of the molecule is COc1ccc2c(c1)[C@]1(C(=O)O)CCCC[C@@H]1CC2. The van der Waals surface area contributed by atoms with Crippen molar-refractivity contribution < 1.29 is 14.6 Å². The van der Waals surface area contributed by atoms with E-state index < -0.39 is 11.4 Å². The highest BCUT2D eigenvalue weighted by atomic mass is 16.5. The van der Waals surface area contributed by atoms with Crippen molar-refractivity contribution in [3.63, 3.8) is 0 Å². The summed E-state index contributed by atoms with van der Waals surface area (Å²) in [5.41, 5.74) is 1.54. The minimum absolute atomic E-state index is 0.290. The Hall–Kier alpha value is -1.51. The van der Waals surface area contributed by atoms with Gasteiger partial charge in [0.25, 0.3) is 0 Å². The van der Waals surface area contributed by atoms with E-state index in [1.807, 2.05) is 18.2 Å². The molecule has 0 saturated heterocycles. The van der Waals surface area contributed by atoms with Crippen LogP contribution < -0.4 is 4.74 Å². The zero-order valence-electron chi connectivity index (χ0n) is 11.3. The molecule has 1 N–H and O–H groups in total. The topological polar surface area (TPSA) is 46.5 Å². The molecule has 102 valence electrons. The summed E-state index contributed by atoms with van der Waals surface area (Å²) in [7, 11) is 1.64. The summed E-state index contributed by atoms with van der Waals surface area (Å²) in [6.45, 7) is 0. The monoisotopic (exact) mass is 260 g/mol. The number of carboxylic acid groups (broad SMARTS) is 1. The minimum Gasteiger partial charge on any atom is -0.497 e. The Morgan fingerprint density at radius 1 is 1.37 bits per heavy atom. The van der Waals surface area contributed by atoms with Crippen molar-refractivity contribution in [2.24, 2.45) is 5.92 Å². The van der Waals surface area contributed by atoms with E-state index in [1.165, 1.54) is 12.0 Å². The number of carbonyl (C=O) groups is 1. The lowest BCUT2D eigenvalue weighted by Crippen LogP contribution is -2.48. The molecule has 3 heteroatoms. The molecule has 0 aliphatic heterocycles. The van der Waals surface area contributed by atoms with Gasteiger partial charge in [0, 0.05) is 0 Å². The highest BCUT2D eigenvalue weighted by Crippen LogP contribution is 2.51. The first kappa shape index (κ1) is 12.5. The third-order valence-electron chi connectivity index (χ3n) is 5.01. The number of aliphatic carboxylic acids is 1. The van der Waals surface area contributed by atoms with Crippen LogP contribution in [-0.4, -0.2) is 18.2 Å². The smallest absolute Gasteiger partial charge is 0.314 e. The maximum absolute atomic E-state index is 12.0. The van der Waals surface area contributed by atoms with Gasteiger partial charge in [-0.25, -0.2) is 0 Å². The summed E-state index contributed by atoms with van der Waals surface area (Å²) in [4.78, 5) is 12.0. The Balaban J connectivity index is 2.17. The predicted octanol–water partition coefficient (Wildman–Crippen LogP) is 3.15. The third kappa shape index (κ3) is 1.75. The van der Waals surface area contributed by atoms with Crippen LogP contribution in [0, 0.1) is 5.92 Å². The number of aryl methyl sites for hydroxylation is 1. The maximum atomic E-state index is 12.0. The fourth-order valence-electron chi connectivity index (χ4n) is 4.03. The van der Waals surface area contributed by atoms with E-state index in [0.29, 0.717) is 5.92 Å². The molecule has 2 aliphatic carbocycles. The van der Waals surface area contributed by atoms with Gasteiger partial charge in [0.1, 0.15) is 5.75 Å². The number of fused-ring (bicyclic) bond motifs is 3. The van der Waals surface area contributed by atoms with Crippen molar-refractivity contribution in [3.05, 3.63) is 29.3 Å². The summed E-state index contributed by atoms with van der Waals surface area (Å²) < 4.78 is 5.29. The second kappa shape index (κ2) is 4.55. The number of hydrogen-bond acceptors (Lipinski definition) is 2. The second-order valence-corrected chi connectivity index (χ2v) is 5.78. The molecule has 0 heterocycles. The van der Waals surface area contributed by atoms with E-state index >= 15 is 0 Å². The van der Waals surface area contributed by atoms with Gasteiger partial charge >= 0.3 is 5.97 Å². The number of benzene rings is 1. The van der Waals surface area contributed by atoms with Crippen LogP contribution in [0.2, 0.25) is 0 Å². The molecule has 3 rings (SSSR count). The van der Waals surface area contributed by atoms with Gasteiger partial charge in [-0.2, -0.15) is 0 Å². The standard InChI is InChI=1S/C16H20O3/c1-19-13-8-6-11-5-7-12-4-2-3-9-16(12,15(17)18)14(11)10-13/h6,8,10,12H,2-5,7,9H2,1H3,(H,17,18)/t12-,16+/m1/s1. The highest BCUT2D eigenvalue weighted by Gasteiger charge is 2.51. The average molecular weight is 260 g/mol. The Morgan fingerprint density at radius 3 is 2.95 bits per heavy atom. The molecular formula is C16H20O3. The maximum Gasteiger partial charge on any atom is 0.314 e. The molecule has 0 bridgehead atoms. The van der Waals surface area contributed by atoms with E-state index in [9.17, 15) is 9.90 Å². The van der Waals surface area contributed by atoms with Gasteiger partial charge in [-0.05, 0) is 54.9 Å². The molecule has 0 amide bonds. The Labute approximate surface area is 113 Å². The number of hydrogen-bond donors (Lipinski definition) is 1. The molecule has 3 nitrogen and oxygen atoms in total. The fourth-order valence-corrected chi connectivity index (χ4v) is 4.03. The van der Waals surface area contributed by atoms with Gasteiger partial charge in [0.2, 0.25) is 0 Å². The molecular weight excluding hydrogens is 240 g/mol. The predicted molar refractivity (Wildman–Crippen MR) is 72.6 cm³/mol. The summed E-state index contributed by atoms with van der Waals surface area (Å²) in [6.07, 6.45) is 6.00. The Kier molecular flexibility index (Phi) is 3.00. The molecule has 0 spiro atoms. The molecule has 0 aromatic heterocycles. The van der Waals surface area contributed by atoms with Crippen LogP contribution in [-0.2, 0) is 16.6 Å². The van der Waals surface area contributed by atoms with Gasteiger partial charge < -0.3 is 9.84 Å². The van der Waals surface area contributed by atoms with Gasteiger partial charge in [0.05, 0.1) is 12.5 Å².